The van der Waals surface area contributed by atoms with E-state index in [1.54, 1.807) is 12.1 Å². The van der Waals surface area contributed by atoms with Crippen LogP contribution in [-0.2, 0) is 4.79 Å². The van der Waals surface area contributed by atoms with Crippen LogP contribution in [-0.4, -0.2) is 48.1 Å². The normalized spacial score (nSPS) is 12.6. The van der Waals surface area contributed by atoms with E-state index in [4.69, 9.17) is 10.9 Å². The lowest BCUT2D eigenvalue weighted by atomic mass is 9.91. The molecule has 9 nitrogen and oxygen atoms in total. The van der Waals surface area contributed by atoms with Gasteiger partial charge in [0.2, 0.25) is 0 Å². The van der Waals surface area contributed by atoms with Crippen LogP contribution in [0.5, 0.6) is 0 Å². The maximum absolute atomic E-state index is 13.8. The lowest BCUT2D eigenvalue weighted by Crippen LogP contribution is -2.69. The van der Waals surface area contributed by atoms with Crippen LogP contribution in [0.2, 0.25) is 0 Å². The number of urea groups is 1. The van der Waals surface area contributed by atoms with Gasteiger partial charge in [-0.3, -0.25) is 14.8 Å². The van der Waals surface area contributed by atoms with Gasteiger partial charge in [-0.15, -0.1) is 11.3 Å². The van der Waals surface area contributed by atoms with Crippen LogP contribution in [0.4, 0.5) is 18.6 Å². The fourth-order valence-corrected chi connectivity index (χ4v) is 3.28. The van der Waals surface area contributed by atoms with Gasteiger partial charge in [0.25, 0.3) is 18.2 Å². The number of rotatable bonds is 6. The van der Waals surface area contributed by atoms with Crippen molar-refractivity contribution in [1.29, 1.82) is 0 Å². The van der Waals surface area contributed by atoms with Crippen LogP contribution in [0.15, 0.2) is 36.4 Å². The topological polar surface area (TPSA) is 146 Å². The standard InChI is InChI=1S/C22H21F2N5O4S/c1-22(20(23)24,28-21(32)26-2)17(19(31)29-33)27-18(30)14-9-7-13(8-10-14)5-3-4-6-15-11-12-16(25)34-15/h7-12,17,20,33H,25H2,1-2H3,(H,27,30)(H,29,31)(H2,26,28,32)/t17-,22?/m1/s1. The maximum Gasteiger partial charge on any atom is 0.315 e. The third-order valence-electron chi connectivity index (χ3n) is 4.54. The second kappa shape index (κ2) is 11.7. The fourth-order valence-electron chi connectivity index (χ4n) is 2.65. The van der Waals surface area contributed by atoms with Crippen molar-refractivity contribution in [1.82, 2.24) is 21.4 Å². The third-order valence-corrected chi connectivity index (χ3v) is 5.37. The van der Waals surface area contributed by atoms with Gasteiger partial charge >= 0.3 is 6.03 Å². The molecule has 0 fully saturated rings. The number of thiophene rings is 1. The first-order valence-electron chi connectivity index (χ1n) is 9.61. The summed E-state index contributed by atoms with van der Waals surface area (Å²) >= 11 is 1.33. The summed E-state index contributed by atoms with van der Waals surface area (Å²) in [5.74, 6) is 8.73. The summed E-state index contributed by atoms with van der Waals surface area (Å²) in [6, 6.07) is 6.23. The zero-order chi connectivity index (χ0) is 25.3. The molecule has 2 atom stereocenters. The Labute approximate surface area is 198 Å². The molecule has 0 saturated heterocycles. The highest BCUT2D eigenvalue weighted by atomic mass is 32.1. The second-order valence-electron chi connectivity index (χ2n) is 6.95. The van der Waals surface area contributed by atoms with Crippen LogP contribution in [0.1, 0.15) is 27.7 Å². The average Bonchev–Trinajstić information content (AvgIpc) is 3.24. The Morgan fingerprint density at radius 2 is 1.74 bits per heavy atom. The smallest absolute Gasteiger partial charge is 0.315 e. The first-order valence-corrected chi connectivity index (χ1v) is 10.4. The molecule has 34 heavy (non-hydrogen) atoms. The van der Waals surface area contributed by atoms with E-state index in [0.29, 0.717) is 10.6 Å². The Bertz CT molecular complexity index is 1180. The molecule has 0 spiro atoms. The Kier molecular flexibility index (Phi) is 8.95. The van der Waals surface area contributed by atoms with Crippen LogP contribution in [0.3, 0.4) is 0 Å². The number of alkyl halides is 2. The summed E-state index contributed by atoms with van der Waals surface area (Å²) in [5, 5.41) is 15.8. The molecule has 1 heterocycles. The van der Waals surface area contributed by atoms with Crippen molar-refractivity contribution >= 4 is 34.2 Å². The number of carbonyl (C=O) groups excluding carboxylic acids is 3. The summed E-state index contributed by atoms with van der Waals surface area (Å²) in [6.07, 6.45) is -3.28. The number of hydrogen-bond donors (Lipinski definition) is 6. The van der Waals surface area contributed by atoms with Crippen LogP contribution in [0, 0.1) is 23.7 Å². The molecule has 0 bridgehead atoms. The van der Waals surface area contributed by atoms with Crippen LogP contribution in [0.25, 0.3) is 0 Å². The lowest BCUT2D eigenvalue weighted by Gasteiger charge is -2.36. The molecule has 0 aliphatic rings. The molecule has 4 amide bonds. The van der Waals surface area contributed by atoms with E-state index in [-0.39, 0.29) is 5.56 Å². The van der Waals surface area contributed by atoms with E-state index >= 15 is 0 Å². The molecule has 7 N–H and O–H groups in total. The van der Waals surface area contributed by atoms with Gasteiger partial charge in [0.1, 0.15) is 11.6 Å². The Balaban J connectivity index is 2.18. The number of nitrogens with one attached hydrogen (secondary N) is 4. The summed E-state index contributed by atoms with van der Waals surface area (Å²) in [7, 11) is 1.19. The van der Waals surface area contributed by atoms with Gasteiger partial charge in [0, 0.05) is 18.2 Å². The van der Waals surface area contributed by atoms with E-state index in [2.05, 4.69) is 34.3 Å². The zero-order valence-electron chi connectivity index (χ0n) is 18.0. The predicted molar refractivity (Wildman–Crippen MR) is 122 cm³/mol. The van der Waals surface area contributed by atoms with Gasteiger partial charge in [-0.1, -0.05) is 5.92 Å². The fraction of sp³-hybridized carbons (Fsp3) is 0.227. The average molecular weight is 490 g/mol. The third kappa shape index (κ3) is 6.68. The molecule has 0 aliphatic heterocycles. The van der Waals surface area contributed by atoms with E-state index in [0.717, 1.165) is 11.8 Å². The van der Waals surface area contributed by atoms with Gasteiger partial charge in [0.05, 0.1) is 9.88 Å². The Hall–Kier alpha value is -4.13. The second-order valence-corrected chi connectivity index (χ2v) is 8.06. The first kappa shape index (κ1) is 26.1. The number of halogens is 2. The first-order chi connectivity index (χ1) is 16.1. The number of hydroxylamine groups is 1. The SMILES string of the molecule is CNC(=O)NC(C)(C(F)F)[C@H](NC(=O)c1ccc(C#CC#Cc2ccc(N)s2)cc1)C(=O)NO. The number of carbonyl (C=O) groups is 3. The minimum absolute atomic E-state index is 0.0259. The van der Waals surface area contributed by atoms with E-state index in [9.17, 15) is 23.2 Å². The number of nitrogen functional groups attached to an aromatic ring is 1. The molecule has 0 radical (unpaired) electrons. The Morgan fingerprint density at radius 1 is 1.09 bits per heavy atom. The molecular weight excluding hydrogens is 468 g/mol. The van der Waals surface area contributed by atoms with Crippen molar-refractivity contribution in [3.63, 3.8) is 0 Å². The zero-order valence-corrected chi connectivity index (χ0v) is 18.8. The molecule has 178 valence electrons. The molecule has 0 aliphatic carbocycles. The largest absolute Gasteiger partial charge is 0.391 e. The van der Waals surface area contributed by atoms with E-state index < -0.39 is 35.9 Å². The molecular formula is C22H21F2N5O4S. The van der Waals surface area contributed by atoms with E-state index in [1.165, 1.54) is 48.1 Å². The molecule has 12 heteroatoms. The highest BCUT2D eigenvalue weighted by Crippen LogP contribution is 2.21. The van der Waals surface area contributed by atoms with Gasteiger partial charge in [0.15, 0.2) is 0 Å². The number of anilines is 1. The van der Waals surface area contributed by atoms with Gasteiger partial charge < -0.3 is 21.7 Å². The molecule has 1 aromatic carbocycles. The monoisotopic (exact) mass is 489 g/mol. The molecule has 2 rings (SSSR count). The highest BCUT2D eigenvalue weighted by Gasteiger charge is 2.48. The van der Waals surface area contributed by atoms with Gasteiger partial charge in [-0.05, 0) is 61.1 Å². The van der Waals surface area contributed by atoms with Crippen molar-refractivity contribution in [3.05, 3.63) is 52.4 Å². The lowest BCUT2D eigenvalue weighted by molar-refractivity contribution is -0.135. The summed E-state index contributed by atoms with van der Waals surface area (Å²) in [5.41, 5.74) is 4.86. The van der Waals surface area contributed by atoms with Crippen molar-refractivity contribution in [3.8, 4) is 23.7 Å². The molecule has 1 aromatic heterocycles. The number of hydrogen-bond acceptors (Lipinski definition) is 6. The van der Waals surface area contributed by atoms with Crippen LogP contribution < -0.4 is 27.2 Å². The maximum atomic E-state index is 13.8. The van der Waals surface area contributed by atoms with Crippen LogP contribution >= 0.6 is 11.3 Å². The molecule has 0 saturated carbocycles. The molecule has 1 unspecified atom stereocenters. The predicted octanol–water partition coefficient (Wildman–Crippen LogP) is 1.29. The Morgan fingerprint density at radius 3 is 2.26 bits per heavy atom. The van der Waals surface area contributed by atoms with Crippen molar-refractivity contribution in [2.45, 2.75) is 24.9 Å². The molecule has 2 aromatic rings. The van der Waals surface area contributed by atoms with Crippen molar-refractivity contribution < 1.29 is 28.4 Å². The summed E-state index contributed by atoms with van der Waals surface area (Å²) in [4.78, 5) is 37.1. The van der Waals surface area contributed by atoms with Gasteiger partial charge in [-0.25, -0.2) is 19.1 Å². The highest BCUT2D eigenvalue weighted by molar-refractivity contribution is 7.16. The number of amides is 4. The number of benzene rings is 1. The number of nitrogens with two attached hydrogens (primary N) is 1. The summed E-state index contributed by atoms with van der Waals surface area (Å²) in [6.45, 7) is 0.858. The quantitative estimate of drug-likeness (QED) is 0.206. The minimum Gasteiger partial charge on any atom is -0.391 e. The van der Waals surface area contributed by atoms with E-state index in [1.807, 2.05) is 5.32 Å². The minimum atomic E-state index is -3.28. The van der Waals surface area contributed by atoms with Crippen molar-refractivity contribution in [2.75, 3.05) is 12.8 Å². The van der Waals surface area contributed by atoms with Gasteiger partial charge in [-0.2, -0.15) is 0 Å². The van der Waals surface area contributed by atoms with Crippen molar-refractivity contribution in [2.24, 2.45) is 0 Å². The summed E-state index contributed by atoms with van der Waals surface area (Å²) < 4.78 is 27.6.